The van der Waals surface area contributed by atoms with Gasteiger partial charge in [-0.2, -0.15) is 0 Å². The van der Waals surface area contributed by atoms with Gasteiger partial charge in [0.15, 0.2) is 5.17 Å². The van der Waals surface area contributed by atoms with Crippen molar-refractivity contribution >= 4 is 57.9 Å². The molecule has 5 aliphatic rings. The van der Waals surface area contributed by atoms with Crippen LogP contribution in [0.15, 0.2) is 52.1 Å². The highest BCUT2D eigenvalue weighted by molar-refractivity contribution is 8.18. The number of carboxylic acid groups (broad SMARTS) is 1. The van der Waals surface area contributed by atoms with Crippen molar-refractivity contribution in [3.05, 3.63) is 74.3 Å². The number of amidine groups is 1. The molecule has 4 aliphatic heterocycles. The molecule has 5 heterocycles. The Morgan fingerprint density at radius 1 is 1.12 bits per heavy atom. The number of carbonyl (C=O) groups excluding carboxylic acids is 2. The second-order valence-electron chi connectivity index (χ2n) is 13.6. The molecule has 5 atom stereocenters. The van der Waals surface area contributed by atoms with E-state index in [-0.39, 0.29) is 50.0 Å². The van der Waals surface area contributed by atoms with Crippen molar-refractivity contribution in [3.8, 4) is 0 Å². The minimum atomic E-state index is -1.46. The number of aromatic nitrogens is 1. The number of alkyl halides is 1. The lowest BCUT2D eigenvalue weighted by Gasteiger charge is -2.41. The largest absolute Gasteiger partial charge is 0.480 e. The molecule has 1 aliphatic carbocycles. The summed E-state index contributed by atoms with van der Waals surface area (Å²) in [5.41, 5.74) is 0.563. The van der Waals surface area contributed by atoms with Crippen LogP contribution in [0.1, 0.15) is 64.6 Å². The third kappa shape index (κ3) is 6.00. The summed E-state index contributed by atoms with van der Waals surface area (Å²) in [5, 5.41) is 13.9. The number of rotatable bonds is 6. The number of likely N-dealkylation sites (tertiary alicyclic amines) is 1. The van der Waals surface area contributed by atoms with Crippen LogP contribution in [0.25, 0.3) is 0 Å². The van der Waals surface area contributed by atoms with Crippen molar-refractivity contribution in [2.24, 2.45) is 10.9 Å². The molecule has 3 fully saturated rings. The number of hydrogen-bond donors (Lipinski definition) is 2. The lowest BCUT2D eigenvalue weighted by Crippen LogP contribution is -2.64. The molecule has 2 saturated heterocycles. The average molecular weight is 736 g/mol. The molecule has 2 amide bonds. The van der Waals surface area contributed by atoms with Crippen LogP contribution in [0, 0.1) is 11.7 Å². The van der Waals surface area contributed by atoms with Crippen LogP contribution in [0.4, 0.5) is 8.78 Å². The van der Waals surface area contributed by atoms with Gasteiger partial charge in [0.1, 0.15) is 39.7 Å². The van der Waals surface area contributed by atoms with Crippen LogP contribution in [-0.2, 0) is 19.9 Å². The van der Waals surface area contributed by atoms with E-state index >= 15 is 4.39 Å². The highest BCUT2D eigenvalue weighted by Gasteiger charge is 2.56. The lowest BCUT2D eigenvalue weighted by molar-refractivity contribution is -0.155. The fraction of sp³-hybridized carbons (Fsp3) is 0.500. The molecule has 0 radical (unpaired) electrons. The van der Waals surface area contributed by atoms with Gasteiger partial charge in [-0.25, -0.2) is 23.6 Å². The molecule has 15 heteroatoms. The number of pyridine rings is 1. The van der Waals surface area contributed by atoms with Gasteiger partial charge < -0.3 is 25.1 Å². The summed E-state index contributed by atoms with van der Waals surface area (Å²) in [6.45, 7) is 5.72. The van der Waals surface area contributed by atoms with E-state index < -0.39 is 53.4 Å². The quantitative estimate of drug-likeness (QED) is 0.360. The van der Waals surface area contributed by atoms with Crippen LogP contribution in [0.2, 0.25) is 10.2 Å². The first-order chi connectivity index (χ1) is 22.7. The maximum Gasteiger partial charge on any atom is 0.327 e. The van der Waals surface area contributed by atoms with Crippen LogP contribution in [-0.4, -0.2) is 91.2 Å². The second-order valence-corrected chi connectivity index (χ2v) is 15.4. The van der Waals surface area contributed by atoms with Crippen molar-refractivity contribution in [1.82, 2.24) is 25.0 Å². The third-order valence-corrected chi connectivity index (χ3v) is 11.6. The van der Waals surface area contributed by atoms with Gasteiger partial charge in [-0.3, -0.25) is 9.59 Å². The number of hydrogen-bond acceptors (Lipinski definition) is 8. The zero-order chi connectivity index (χ0) is 34.3. The van der Waals surface area contributed by atoms with E-state index in [1.165, 1.54) is 21.9 Å². The maximum absolute atomic E-state index is 15.2. The predicted octanol–water partition coefficient (Wildman–Crippen LogP) is 5.76. The van der Waals surface area contributed by atoms with Crippen molar-refractivity contribution in [2.45, 2.75) is 82.8 Å². The van der Waals surface area contributed by atoms with Gasteiger partial charge in [-0.15, -0.1) is 0 Å². The number of carbonyl (C=O) groups is 3. The van der Waals surface area contributed by atoms with E-state index in [1.54, 1.807) is 18.3 Å². The first kappa shape index (κ1) is 35.6. The lowest BCUT2D eigenvalue weighted by atomic mass is 9.81. The fourth-order valence-electron chi connectivity index (χ4n) is 7.41. The topological polar surface area (TPSA) is 118 Å². The van der Waals surface area contributed by atoms with E-state index in [4.69, 9.17) is 28.2 Å². The number of nitrogens with one attached hydrogen (secondary N) is 1. The highest BCUT2D eigenvalue weighted by atomic mass is 35.5. The van der Waals surface area contributed by atoms with E-state index in [1.807, 2.05) is 31.7 Å². The molecule has 2 aromatic rings. The average Bonchev–Trinajstić information content (AvgIpc) is 3.36. The first-order valence-electron chi connectivity index (χ1n) is 15.8. The Balaban J connectivity index is 0.00000417. The predicted molar refractivity (Wildman–Crippen MR) is 184 cm³/mol. The number of carboxylic acids is 1. The molecule has 1 aromatic heterocycles. The Labute approximate surface area is 297 Å². The van der Waals surface area contributed by atoms with Gasteiger partial charge >= 0.3 is 5.97 Å². The fourth-order valence-corrected chi connectivity index (χ4v) is 9.00. The molecule has 7 rings (SSSR count). The number of amides is 2. The zero-order valence-corrected chi connectivity index (χ0v) is 28.7. The Hall–Kier alpha value is -3.26. The molecular formula is C34H38Cl2F2N6O4S. The standard InChI is InChI=1S/C33H34Cl2F2N6O4S.CH4/c1-16(2)25-26(29(45)41-14-19(36)11-22(41)28(44)42-15-33(8-9-33)39-13-23(42)30(46)47)48-31-40-32(3,18-5-7-24(35)38-12-18)27(43(25)31)17-4-6-20(34)21(37)10-17;/h4-7,10,12,16,19,22-23,27,39H,8-9,11,13-15H2,1-3H3,(H,46,47);1H4/t19-,22+,23+,27-,32+;/m1./s1. The van der Waals surface area contributed by atoms with Gasteiger partial charge in [0.05, 0.1) is 17.6 Å². The molecule has 2 N–H and O–H groups in total. The molecular weight excluding hydrogens is 697 g/mol. The summed E-state index contributed by atoms with van der Waals surface area (Å²) in [4.78, 5) is 54.8. The van der Waals surface area contributed by atoms with Gasteiger partial charge in [0, 0.05) is 42.5 Å². The monoisotopic (exact) mass is 734 g/mol. The minimum Gasteiger partial charge on any atom is -0.480 e. The summed E-state index contributed by atoms with van der Waals surface area (Å²) >= 11 is 13.3. The highest BCUT2D eigenvalue weighted by Crippen LogP contribution is 2.56. The molecule has 10 nitrogen and oxygen atoms in total. The number of aliphatic carboxylic acids is 1. The number of fused-ring (bicyclic) bond motifs is 1. The number of benzene rings is 1. The number of aliphatic imine (C=N–C) groups is 1. The maximum atomic E-state index is 15.2. The first-order valence-corrected chi connectivity index (χ1v) is 17.4. The molecule has 262 valence electrons. The number of halogens is 4. The summed E-state index contributed by atoms with van der Waals surface area (Å²) in [6, 6.07) is 5.12. The zero-order valence-electron chi connectivity index (χ0n) is 26.4. The molecule has 49 heavy (non-hydrogen) atoms. The molecule has 1 spiro atoms. The van der Waals surface area contributed by atoms with Crippen molar-refractivity contribution in [3.63, 3.8) is 0 Å². The van der Waals surface area contributed by atoms with Crippen LogP contribution >= 0.6 is 35.0 Å². The van der Waals surface area contributed by atoms with E-state index in [9.17, 15) is 23.9 Å². The Bertz CT molecular complexity index is 1770. The van der Waals surface area contributed by atoms with E-state index in [0.29, 0.717) is 32.0 Å². The SMILES string of the molecule is C.CC(C)C1=C(C(=O)N2C[C@H](F)C[C@H]2C(=O)N2CC3(CC3)NC[C@H]2C(=O)O)SC2=N[C@@](C)(c3ccc(Cl)nc3)[C@@H](c3ccc(Cl)c(F)c3)N21. The summed E-state index contributed by atoms with van der Waals surface area (Å²) in [5.74, 6) is -3.10. The van der Waals surface area contributed by atoms with E-state index in [2.05, 4.69) is 10.3 Å². The van der Waals surface area contributed by atoms with Gasteiger partial charge in [-0.05, 0) is 61.2 Å². The number of nitrogens with zero attached hydrogens (tertiary/aromatic N) is 5. The Kier molecular flexibility index (Phi) is 9.30. The Morgan fingerprint density at radius 2 is 1.86 bits per heavy atom. The molecule has 1 aromatic carbocycles. The van der Waals surface area contributed by atoms with Crippen LogP contribution in [0.5, 0.6) is 0 Å². The summed E-state index contributed by atoms with van der Waals surface area (Å²) in [7, 11) is 0. The summed E-state index contributed by atoms with van der Waals surface area (Å²) < 4.78 is 30.1. The molecule has 0 unspecified atom stereocenters. The van der Waals surface area contributed by atoms with Crippen LogP contribution in [0.3, 0.4) is 0 Å². The van der Waals surface area contributed by atoms with E-state index in [0.717, 1.165) is 24.6 Å². The third-order valence-electron chi connectivity index (χ3n) is 10.1. The second kappa shape index (κ2) is 12.8. The Morgan fingerprint density at radius 3 is 2.47 bits per heavy atom. The van der Waals surface area contributed by atoms with Gasteiger partial charge in [0.25, 0.3) is 5.91 Å². The van der Waals surface area contributed by atoms with Gasteiger partial charge in [0.2, 0.25) is 5.91 Å². The number of thioether (sulfide) groups is 1. The smallest absolute Gasteiger partial charge is 0.327 e. The number of allylic oxidation sites excluding steroid dienone is 1. The van der Waals surface area contributed by atoms with Crippen molar-refractivity contribution in [1.29, 1.82) is 0 Å². The van der Waals surface area contributed by atoms with Crippen LogP contribution < -0.4 is 5.32 Å². The normalized spacial score (nSPS) is 28.6. The van der Waals surface area contributed by atoms with Crippen molar-refractivity contribution < 1.29 is 28.3 Å². The van der Waals surface area contributed by atoms with Gasteiger partial charge in [-0.1, -0.05) is 56.6 Å². The minimum absolute atomic E-state index is 0. The molecule has 1 saturated carbocycles. The summed E-state index contributed by atoms with van der Waals surface area (Å²) in [6.07, 6.45) is 1.57. The van der Waals surface area contributed by atoms with Crippen molar-refractivity contribution in [2.75, 3.05) is 19.6 Å². The number of piperazine rings is 1. The molecule has 0 bridgehead atoms.